The summed E-state index contributed by atoms with van der Waals surface area (Å²) in [6.45, 7) is 6.43. The number of hydrogen-bond donors (Lipinski definition) is 0. The van der Waals surface area contributed by atoms with E-state index in [9.17, 15) is 0 Å². The van der Waals surface area contributed by atoms with Crippen molar-refractivity contribution in [2.45, 2.75) is 45.2 Å². The van der Waals surface area contributed by atoms with E-state index in [0.717, 1.165) is 44.8 Å². The molecule has 2 aliphatic rings. The summed E-state index contributed by atoms with van der Waals surface area (Å²) in [7, 11) is 2.17. The molecule has 0 amide bonds. The molecule has 0 N–H and O–H groups in total. The van der Waals surface area contributed by atoms with Crippen molar-refractivity contribution in [3.05, 3.63) is 64.7 Å². The molecule has 0 aliphatic carbocycles. The minimum atomic E-state index is 0.350. The molecule has 27 heavy (non-hydrogen) atoms. The fourth-order valence-corrected chi connectivity index (χ4v) is 4.31. The number of likely N-dealkylation sites (tertiary alicyclic amines) is 1. The maximum Gasteiger partial charge on any atom is 0.145 e. The summed E-state index contributed by atoms with van der Waals surface area (Å²) in [5.41, 5.74) is 5.24. The van der Waals surface area contributed by atoms with E-state index >= 15 is 0 Å². The van der Waals surface area contributed by atoms with Crippen molar-refractivity contribution in [2.75, 3.05) is 26.7 Å². The average molecular weight is 363 g/mol. The SMILES string of the molecule is C/C(=C\c1ccccc1)CN1CCCC[C@H]1c1ncc2c(n1)CCN(C)C2. The van der Waals surface area contributed by atoms with Gasteiger partial charge in [-0.1, -0.05) is 48.4 Å². The summed E-state index contributed by atoms with van der Waals surface area (Å²) < 4.78 is 0. The molecule has 4 rings (SSSR count). The van der Waals surface area contributed by atoms with Gasteiger partial charge in [-0.3, -0.25) is 4.90 Å². The van der Waals surface area contributed by atoms with Gasteiger partial charge in [-0.2, -0.15) is 0 Å². The predicted octanol–water partition coefficient (Wildman–Crippen LogP) is 4.10. The van der Waals surface area contributed by atoms with Crippen LogP contribution in [0.4, 0.5) is 0 Å². The number of benzene rings is 1. The first kappa shape index (κ1) is 18.3. The number of nitrogens with zero attached hydrogens (tertiary/aromatic N) is 4. The van der Waals surface area contributed by atoms with Crippen LogP contribution < -0.4 is 0 Å². The maximum atomic E-state index is 5.01. The highest BCUT2D eigenvalue weighted by Crippen LogP contribution is 2.30. The molecule has 0 saturated carbocycles. The molecule has 0 bridgehead atoms. The van der Waals surface area contributed by atoms with Gasteiger partial charge in [0.2, 0.25) is 0 Å². The Kier molecular flexibility index (Phi) is 5.65. The molecule has 4 heteroatoms. The maximum absolute atomic E-state index is 5.01. The lowest BCUT2D eigenvalue weighted by Crippen LogP contribution is -2.36. The Morgan fingerprint density at radius 3 is 2.89 bits per heavy atom. The third kappa shape index (κ3) is 4.45. The normalized spacial score (nSPS) is 21.9. The Morgan fingerprint density at radius 1 is 1.19 bits per heavy atom. The zero-order valence-electron chi connectivity index (χ0n) is 16.6. The van der Waals surface area contributed by atoms with E-state index in [1.54, 1.807) is 0 Å². The Hall–Kier alpha value is -2.04. The first-order valence-electron chi connectivity index (χ1n) is 10.2. The molecule has 1 fully saturated rings. The van der Waals surface area contributed by atoms with Crippen LogP contribution in [0.15, 0.2) is 42.1 Å². The molecule has 1 aromatic carbocycles. The minimum Gasteiger partial charge on any atom is -0.302 e. The molecular formula is C23H30N4. The molecule has 3 heterocycles. The minimum absolute atomic E-state index is 0.350. The van der Waals surface area contributed by atoms with Gasteiger partial charge in [-0.25, -0.2) is 9.97 Å². The molecule has 2 aromatic rings. The van der Waals surface area contributed by atoms with Gasteiger partial charge in [-0.15, -0.1) is 0 Å². The smallest absolute Gasteiger partial charge is 0.145 e. The summed E-state index contributed by atoms with van der Waals surface area (Å²) in [4.78, 5) is 14.7. The Morgan fingerprint density at radius 2 is 2.04 bits per heavy atom. The third-order valence-electron chi connectivity index (χ3n) is 5.72. The molecule has 142 valence electrons. The first-order chi connectivity index (χ1) is 13.2. The van der Waals surface area contributed by atoms with Crippen molar-refractivity contribution in [1.29, 1.82) is 0 Å². The number of aromatic nitrogens is 2. The summed E-state index contributed by atoms with van der Waals surface area (Å²) in [5.74, 6) is 1.03. The van der Waals surface area contributed by atoms with Crippen LogP contribution in [-0.2, 0) is 13.0 Å². The Balaban J connectivity index is 1.52. The lowest BCUT2D eigenvalue weighted by atomic mass is 9.99. The van der Waals surface area contributed by atoms with Crippen molar-refractivity contribution in [3.63, 3.8) is 0 Å². The van der Waals surface area contributed by atoms with Crippen LogP contribution in [0.25, 0.3) is 6.08 Å². The summed E-state index contributed by atoms with van der Waals surface area (Å²) in [6.07, 6.45) is 9.12. The molecule has 0 unspecified atom stereocenters. The van der Waals surface area contributed by atoms with Gasteiger partial charge < -0.3 is 4.90 Å². The largest absolute Gasteiger partial charge is 0.302 e. The summed E-state index contributed by atoms with van der Waals surface area (Å²) >= 11 is 0. The van der Waals surface area contributed by atoms with Crippen LogP contribution in [-0.4, -0.2) is 46.4 Å². The zero-order valence-corrected chi connectivity index (χ0v) is 16.6. The highest BCUT2D eigenvalue weighted by Gasteiger charge is 2.27. The lowest BCUT2D eigenvalue weighted by Gasteiger charge is -2.35. The van der Waals surface area contributed by atoms with Gasteiger partial charge in [0, 0.05) is 43.5 Å². The number of piperidine rings is 1. The Bertz CT molecular complexity index is 799. The second kappa shape index (κ2) is 8.32. The summed E-state index contributed by atoms with van der Waals surface area (Å²) in [6, 6.07) is 10.9. The van der Waals surface area contributed by atoms with E-state index in [-0.39, 0.29) is 0 Å². The molecule has 2 aliphatic heterocycles. The Labute approximate surface area is 162 Å². The number of likely N-dealkylation sites (N-methyl/N-ethyl adjacent to an activating group) is 1. The van der Waals surface area contributed by atoms with Gasteiger partial charge in [-0.05, 0) is 38.9 Å². The lowest BCUT2D eigenvalue weighted by molar-refractivity contribution is 0.155. The molecule has 1 saturated heterocycles. The molecule has 0 radical (unpaired) electrons. The molecule has 1 aromatic heterocycles. The summed E-state index contributed by atoms with van der Waals surface area (Å²) in [5, 5.41) is 0. The predicted molar refractivity (Wildman–Crippen MR) is 110 cm³/mol. The van der Waals surface area contributed by atoms with E-state index in [4.69, 9.17) is 9.97 Å². The number of fused-ring (bicyclic) bond motifs is 1. The van der Waals surface area contributed by atoms with Crippen molar-refractivity contribution in [2.24, 2.45) is 0 Å². The topological polar surface area (TPSA) is 32.3 Å². The van der Waals surface area contributed by atoms with E-state index < -0.39 is 0 Å². The van der Waals surface area contributed by atoms with Crippen LogP contribution in [0.2, 0.25) is 0 Å². The second-order valence-corrected chi connectivity index (χ2v) is 8.07. The van der Waals surface area contributed by atoms with E-state index in [1.165, 1.54) is 35.2 Å². The van der Waals surface area contributed by atoms with Crippen LogP contribution in [0.5, 0.6) is 0 Å². The quantitative estimate of drug-likeness (QED) is 0.820. The van der Waals surface area contributed by atoms with Crippen LogP contribution in [0.1, 0.15) is 54.9 Å². The van der Waals surface area contributed by atoms with E-state index in [2.05, 4.69) is 66.4 Å². The zero-order chi connectivity index (χ0) is 18.6. The van der Waals surface area contributed by atoms with Gasteiger partial charge >= 0.3 is 0 Å². The van der Waals surface area contributed by atoms with Crippen LogP contribution in [0.3, 0.4) is 0 Å². The first-order valence-corrected chi connectivity index (χ1v) is 10.2. The highest BCUT2D eigenvalue weighted by atomic mass is 15.2. The van der Waals surface area contributed by atoms with E-state index in [0.29, 0.717) is 6.04 Å². The number of rotatable bonds is 4. The average Bonchev–Trinajstić information content (AvgIpc) is 2.69. The van der Waals surface area contributed by atoms with Gasteiger partial charge in [0.25, 0.3) is 0 Å². The van der Waals surface area contributed by atoms with Crippen molar-refractivity contribution in [1.82, 2.24) is 19.8 Å². The third-order valence-corrected chi connectivity index (χ3v) is 5.72. The monoisotopic (exact) mass is 362 g/mol. The van der Waals surface area contributed by atoms with Gasteiger partial charge in [0.05, 0.1) is 6.04 Å². The molecule has 0 spiro atoms. The number of hydrogen-bond acceptors (Lipinski definition) is 4. The second-order valence-electron chi connectivity index (χ2n) is 8.07. The van der Waals surface area contributed by atoms with Gasteiger partial charge in [0.15, 0.2) is 0 Å². The van der Waals surface area contributed by atoms with Gasteiger partial charge in [0.1, 0.15) is 5.82 Å². The molecular weight excluding hydrogens is 332 g/mol. The van der Waals surface area contributed by atoms with Crippen molar-refractivity contribution >= 4 is 6.08 Å². The van der Waals surface area contributed by atoms with Crippen LogP contribution in [0, 0.1) is 0 Å². The highest BCUT2D eigenvalue weighted by molar-refractivity contribution is 5.52. The fourth-order valence-electron chi connectivity index (χ4n) is 4.31. The van der Waals surface area contributed by atoms with Crippen molar-refractivity contribution in [3.8, 4) is 0 Å². The standard InChI is InChI=1S/C23H30N4/c1-18(14-19-8-4-3-5-9-19)16-27-12-7-6-10-22(27)23-24-15-20-17-26(2)13-11-21(20)25-23/h3-5,8-9,14-15,22H,6-7,10-13,16-17H2,1-2H3/b18-14+/t22-/m0/s1. The van der Waals surface area contributed by atoms with Crippen molar-refractivity contribution < 1.29 is 0 Å². The molecule has 4 nitrogen and oxygen atoms in total. The molecule has 1 atom stereocenters. The fraction of sp³-hybridized carbons (Fsp3) is 0.478. The van der Waals surface area contributed by atoms with Crippen LogP contribution >= 0.6 is 0 Å². The van der Waals surface area contributed by atoms with E-state index in [1.807, 2.05) is 0 Å².